The number of ether oxygens (including phenoxy) is 2. The Morgan fingerprint density at radius 2 is 1.97 bits per heavy atom. The van der Waals surface area contributed by atoms with E-state index in [-0.39, 0.29) is 5.91 Å². The first-order chi connectivity index (χ1) is 14.1. The Kier molecular flexibility index (Phi) is 5.11. The van der Waals surface area contributed by atoms with Crippen LogP contribution >= 0.6 is 0 Å². The minimum Gasteiger partial charge on any atom is -0.495 e. The van der Waals surface area contributed by atoms with Gasteiger partial charge in [0.2, 0.25) is 5.78 Å². The van der Waals surface area contributed by atoms with Gasteiger partial charge in [0.1, 0.15) is 11.5 Å². The maximum atomic E-state index is 12.7. The second-order valence-corrected chi connectivity index (χ2v) is 6.43. The summed E-state index contributed by atoms with van der Waals surface area (Å²) in [6, 6.07) is 16.6. The van der Waals surface area contributed by atoms with E-state index in [0.717, 1.165) is 11.3 Å². The first-order valence-corrected chi connectivity index (χ1v) is 9.15. The zero-order valence-corrected chi connectivity index (χ0v) is 16.1. The summed E-state index contributed by atoms with van der Waals surface area (Å²) in [7, 11) is 1.56. The second kappa shape index (κ2) is 8.02. The molecule has 0 aliphatic carbocycles. The number of imidazole rings is 1. The molecule has 7 nitrogen and oxygen atoms in total. The van der Waals surface area contributed by atoms with Crippen LogP contribution in [0, 0.1) is 0 Å². The van der Waals surface area contributed by atoms with E-state index < -0.39 is 6.10 Å². The van der Waals surface area contributed by atoms with Gasteiger partial charge in [0, 0.05) is 24.2 Å². The van der Waals surface area contributed by atoms with E-state index in [1.54, 1.807) is 26.3 Å². The molecule has 2 aromatic heterocycles. The molecule has 1 N–H and O–H groups in total. The fraction of sp³-hybridized carbons (Fsp3) is 0.136. The minimum absolute atomic E-state index is 0.277. The zero-order valence-electron chi connectivity index (χ0n) is 16.1. The first kappa shape index (κ1) is 18.5. The summed E-state index contributed by atoms with van der Waals surface area (Å²) >= 11 is 0. The first-order valence-electron chi connectivity index (χ1n) is 9.15. The standard InChI is InChI=1S/C22H20N4O3/c1-15(29-17-7-4-3-5-8-17)21(27)24-18-13-16(9-10-20(18)28-2)19-14-26-12-6-11-23-22(26)25-19/h3-15H,1-2H3,(H,24,27)/t15-/m1/s1. The third-order valence-electron chi connectivity index (χ3n) is 4.41. The molecule has 4 aromatic rings. The molecule has 0 spiro atoms. The second-order valence-electron chi connectivity index (χ2n) is 6.43. The highest BCUT2D eigenvalue weighted by Crippen LogP contribution is 2.30. The predicted octanol–water partition coefficient (Wildman–Crippen LogP) is 3.81. The van der Waals surface area contributed by atoms with Crippen LogP contribution in [0.2, 0.25) is 0 Å². The Bertz CT molecular complexity index is 1110. The van der Waals surface area contributed by atoms with Gasteiger partial charge >= 0.3 is 0 Å². The molecule has 0 aliphatic rings. The Morgan fingerprint density at radius 1 is 1.14 bits per heavy atom. The number of rotatable bonds is 6. The molecule has 29 heavy (non-hydrogen) atoms. The lowest BCUT2D eigenvalue weighted by molar-refractivity contribution is -0.122. The molecule has 0 aliphatic heterocycles. The van der Waals surface area contributed by atoms with Crippen LogP contribution in [-0.4, -0.2) is 33.5 Å². The molecule has 2 aromatic carbocycles. The van der Waals surface area contributed by atoms with E-state index in [4.69, 9.17) is 9.47 Å². The quantitative estimate of drug-likeness (QED) is 0.543. The fourth-order valence-electron chi connectivity index (χ4n) is 2.93. The Labute approximate surface area is 168 Å². The van der Waals surface area contributed by atoms with E-state index in [2.05, 4.69) is 15.3 Å². The summed E-state index contributed by atoms with van der Waals surface area (Å²) in [5.74, 6) is 1.51. The highest BCUT2D eigenvalue weighted by Gasteiger charge is 2.18. The highest BCUT2D eigenvalue weighted by molar-refractivity contribution is 5.96. The van der Waals surface area contributed by atoms with Crippen molar-refractivity contribution >= 4 is 17.4 Å². The molecule has 4 rings (SSSR count). The van der Waals surface area contributed by atoms with Crippen LogP contribution in [0.3, 0.4) is 0 Å². The van der Waals surface area contributed by atoms with Gasteiger partial charge in [-0.1, -0.05) is 18.2 Å². The van der Waals surface area contributed by atoms with Crippen molar-refractivity contribution in [3.8, 4) is 22.8 Å². The van der Waals surface area contributed by atoms with Crippen molar-refractivity contribution < 1.29 is 14.3 Å². The molecule has 0 radical (unpaired) electrons. The number of hydrogen-bond acceptors (Lipinski definition) is 5. The minimum atomic E-state index is -0.676. The molecule has 146 valence electrons. The van der Waals surface area contributed by atoms with Gasteiger partial charge in [-0.25, -0.2) is 9.97 Å². The molecule has 0 fully saturated rings. The number of amides is 1. The van der Waals surface area contributed by atoms with Gasteiger partial charge in [0.25, 0.3) is 5.91 Å². The molecular formula is C22H20N4O3. The lowest BCUT2D eigenvalue weighted by Crippen LogP contribution is -2.30. The van der Waals surface area contributed by atoms with Crippen LogP contribution in [0.4, 0.5) is 5.69 Å². The molecular weight excluding hydrogens is 368 g/mol. The van der Waals surface area contributed by atoms with Crippen molar-refractivity contribution in [2.75, 3.05) is 12.4 Å². The van der Waals surface area contributed by atoms with E-state index in [0.29, 0.717) is 23.0 Å². The number of nitrogens with zero attached hydrogens (tertiary/aromatic N) is 3. The summed E-state index contributed by atoms with van der Waals surface area (Å²) < 4.78 is 12.9. The number of fused-ring (bicyclic) bond motifs is 1. The van der Waals surface area contributed by atoms with E-state index >= 15 is 0 Å². The average molecular weight is 388 g/mol. The van der Waals surface area contributed by atoms with Crippen LogP contribution in [0.5, 0.6) is 11.5 Å². The number of hydrogen-bond donors (Lipinski definition) is 1. The number of aromatic nitrogens is 3. The normalized spacial score (nSPS) is 11.8. The summed E-state index contributed by atoms with van der Waals surface area (Å²) in [5, 5.41) is 2.89. The molecule has 7 heteroatoms. The van der Waals surface area contributed by atoms with Crippen molar-refractivity contribution in [2.24, 2.45) is 0 Å². The van der Waals surface area contributed by atoms with E-state index in [9.17, 15) is 4.79 Å². The smallest absolute Gasteiger partial charge is 0.265 e. The van der Waals surface area contributed by atoms with Crippen molar-refractivity contribution in [1.82, 2.24) is 14.4 Å². The Balaban J connectivity index is 1.57. The topological polar surface area (TPSA) is 77.8 Å². The molecule has 1 atom stereocenters. The van der Waals surface area contributed by atoms with E-state index in [1.165, 1.54) is 0 Å². The van der Waals surface area contributed by atoms with Crippen LogP contribution in [0.1, 0.15) is 6.92 Å². The van der Waals surface area contributed by atoms with Crippen LogP contribution in [0.15, 0.2) is 73.2 Å². The monoisotopic (exact) mass is 388 g/mol. The molecule has 1 amide bonds. The van der Waals surface area contributed by atoms with Crippen molar-refractivity contribution in [3.63, 3.8) is 0 Å². The largest absolute Gasteiger partial charge is 0.495 e. The van der Waals surface area contributed by atoms with Crippen molar-refractivity contribution in [1.29, 1.82) is 0 Å². The lowest BCUT2D eigenvalue weighted by atomic mass is 10.1. The molecule has 0 unspecified atom stereocenters. The number of anilines is 1. The van der Waals surface area contributed by atoms with Gasteiger partial charge in [-0.15, -0.1) is 0 Å². The van der Waals surface area contributed by atoms with Crippen LogP contribution in [0.25, 0.3) is 17.0 Å². The number of carbonyl (C=O) groups is 1. The van der Waals surface area contributed by atoms with Gasteiger partial charge in [-0.3, -0.25) is 9.20 Å². The average Bonchev–Trinajstić information content (AvgIpc) is 3.18. The summed E-state index contributed by atoms with van der Waals surface area (Å²) in [6.07, 6.45) is 4.79. The number of benzene rings is 2. The molecule has 2 heterocycles. The predicted molar refractivity (Wildman–Crippen MR) is 110 cm³/mol. The SMILES string of the molecule is COc1ccc(-c2cn3cccnc3n2)cc1NC(=O)[C@@H](C)Oc1ccccc1. The van der Waals surface area contributed by atoms with Crippen molar-refractivity contribution in [2.45, 2.75) is 13.0 Å². The van der Waals surface area contributed by atoms with E-state index in [1.807, 2.05) is 65.3 Å². The van der Waals surface area contributed by atoms with Gasteiger partial charge in [0.15, 0.2) is 6.10 Å². The summed E-state index contributed by atoms with van der Waals surface area (Å²) in [5.41, 5.74) is 2.13. The van der Waals surface area contributed by atoms with Gasteiger partial charge in [-0.2, -0.15) is 0 Å². The maximum Gasteiger partial charge on any atom is 0.265 e. The van der Waals surface area contributed by atoms with Gasteiger partial charge in [0.05, 0.1) is 18.5 Å². The lowest BCUT2D eigenvalue weighted by Gasteiger charge is -2.16. The summed E-state index contributed by atoms with van der Waals surface area (Å²) in [6.45, 7) is 1.70. The number of methoxy groups -OCH3 is 1. The van der Waals surface area contributed by atoms with Crippen LogP contribution in [-0.2, 0) is 4.79 Å². The Hall–Kier alpha value is -3.87. The maximum absolute atomic E-state index is 12.7. The van der Waals surface area contributed by atoms with Crippen LogP contribution < -0.4 is 14.8 Å². The third kappa shape index (κ3) is 4.03. The Morgan fingerprint density at radius 3 is 2.72 bits per heavy atom. The highest BCUT2D eigenvalue weighted by atomic mass is 16.5. The summed E-state index contributed by atoms with van der Waals surface area (Å²) in [4.78, 5) is 21.4. The number of carbonyl (C=O) groups excluding carboxylic acids is 1. The van der Waals surface area contributed by atoms with Crippen molar-refractivity contribution in [3.05, 3.63) is 73.2 Å². The number of nitrogens with one attached hydrogen (secondary N) is 1. The third-order valence-corrected chi connectivity index (χ3v) is 4.41. The zero-order chi connectivity index (χ0) is 20.2. The molecule has 0 saturated heterocycles. The number of para-hydroxylation sites is 1. The molecule has 0 saturated carbocycles. The van der Waals surface area contributed by atoms with Gasteiger partial charge in [-0.05, 0) is 43.3 Å². The molecule has 0 bridgehead atoms. The fourth-order valence-corrected chi connectivity index (χ4v) is 2.93. The van der Waals surface area contributed by atoms with Gasteiger partial charge < -0.3 is 14.8 Å².